The van der Waals surface area contributed by atoms with E-state index in [9.17, 15) is 0 Å². The second-order valence-corrected chi connectivity index (χ2v) is 5.69. The first-order chi connectivity index (χ1) is 8.56. The van der Waals surface area contributed by atoms with Crippen LogP contribution in [0.1, 0.15) is 34.9 Å². The predicted molar refractivity (Wildman–Crippen MR) is 74.9 cm³/mol. The van der Waals surface area contributed by atoms with Crippen LogP contribution in [-0.4, -0.2) is 21.3 Å². The summed E-state index contributed by atoms with van der Waals surface area (Å²) in [6, 6.07) is 0.332. The van der Waals surface area contributed by atoms with Gasteiger partial charge in [0.05, 0.1) is 16.4 Å². The zero-order valence-electron chi connectivity index (χ0n) is 11.4. The molecule has 0 bridgehead atoms. The third-order valence-corrected chi connectivity index (χ3v) is 3.84. The summed E-state index contributed by atoms with van der Waals surface area (Å²) < 4.78 is 1.87. The van der Waals surface area contributed by atoms with Crippen LogP contribution in [0.5, 0.6) is 0 Å². The van der Waals surface area contributed by atoms with Crippen LogP contribution in [0.15, 0.2) is 11.6 Å². The molecule has 0 saturated carbocycles. The SMILES string of the molecule is Cc1nc(CCNC(C)c2cn(C)nc2C)cs1. The van der Waals surface area contributed by atoms with E-state index in [-0.39, 0.29) is 0 Å². The molecule has 0 aliphatic heterocycles. The molecule has 4 nitrogen and oxygen atoms in total. The zero-order chi connectivity index (χ0) is 13.1. The summed E-state index contributed by atoms with van der Waals surface area (Å²) >= 11 is 1.71. The van der Waals surface area contributed by atoms with Crippen molar-refractivity contribution in [1.82, 2.24) is 20.1 Å². The quantitative estimate of drug-likeness (QED) is 0.901. The third-order valence-electron chi connectivity index (χ3n) is 3.02. The molecule has 2 rings (SSSR count). The van der Waals surface area contributed by atoms with E-state index in [1.807, 2.05) is 18.7 Å². The molecule has 1 unspecified atom stereocenters. The van der Waals surface area contributed by atoms with Crippen molar-refractivity contribution in [3.8, 4) is 0 Å². The second kappa shape index (κ2) is 5.63. The molecule has 98 valence electrons. The maximum Gasteiger partial charge on any atom is 0.0897 e. The van der Waals surface area contributed by atoms with Crippen LogP contribution in [0.4, 0.5) is 0 Å². The van der Waals surface area contributed by atoms with Crippen LogP contribution < -0.4 is 5.32 Å². The molecule has 2 heterocycles. The van der Waals surface area contributed by atoms with E-state index in [0.717, 1.165) is 23.7 Å². The van der Waals surface area contributed by atoms with Gasteiger partial charge in [0.15, 0.2) is 0 Å². The van der Waals surface area contributed by atoms with Crippen molar-refractivity contribution in [1.29, 1.82) is 0 Å². The second-order valence-electron chi connectivity index (χ2n) is 4.63. The number of rotatable bonds is 5. The lowest BCUT2D eigenvalue weighted by atomic mass is 10.1. The van der Waals surface area contributed by atoms with Crippen LogP contribution in [0, 0.1) is 13.8 Å². The highest BCUT2D eigenvalue weighted by atomic mass is 32.1. The number of aryl methyl sites for hydroxylation is 3. The van der Waals surface area contributed by atoms with E-state index in [1.165, 1.54) is 11.3 Å². The Bertz CT molecular complexity index is 515. The van der Waals surface area contributed by atoms with Gasteiger partial charge in [-0.2, -0.15) is 5.10 Å². The highest BCUT2D eigenvalue weighted by Crippen LogP contribution is 2.15. The maximum absolute atomic E-state index is 4.46. The molecule has 0 aromatic carbocycles. The number of hydrogen-bond acceptors (Lipinski definition) is 4. The number of aromatic nitrogens is 3. The van der Waals surface area contributed by atoms with Crippen molar-refractivity contribution in [3.63, 3.8) is 0 Å². The Kier molecular flexibility index (Phi) is 4.14. The molecule has 5 heteroatoms. The lowest BCUT2D eigenvalue weighted by molar-refractivity contribution is 0.572. The largest absolute Gasteiger partial charge is 0.310 e. The monoisotopic (exact) mass is 264 g/mol. The van der Waals surface area contributed by atoms with Gasteiger partial charge in [0.1, 0.15) is 0 Å². The summed E-state index contributed by atoms with van der Waals surface area (Å²) in [5.74, 6) is 0. The Hall–Kier alpha value is -1.20. The third kappa shape index (κ3) is 3.17. The van der Waals surface area contributed by atoms with Crippen molar-refractivity contribution >= 4 is 11.3 Å². The van der Waals surface area contributed by atoms with Gasteiger partial charge in [0.2, 0.25) is 0 Å². The summed E-state index contributed by atoms with van der Waals surface area (Å²) in [6.07, 6.45) is 3.06. The van der Waals surface area contributed by atoms with Crippen molar-refractivity contribution in [2.75, 3.05) is 6.54 Å². The predicted octanol–water partition coefficient (Wildman–Crippen LogP) is 2.39. The topological polar surface area (TPSA) is 42.7 Å². The van der Waals surface area contributed by atoms with Crippen LogP contribution in [-0.2, 0) is 13.5 Å². The minimum absolute atomic E-state index is 0.332. The maximum atomic E-state index is 4.46. The molecule has 2 aromatic heterocycles. The summed E-state index contributed by atoms with van der Waals surface area (Å²) in [7, 11) is 1.96. The molecule has 0 aliphatic rings. The van der Waals surface area contributed by atoms with Gasteiger partial charge >= 0.3 is 0 Å². The molecule has 0 aliphatic carbocycles. The van der Waals surface area contributed by atoms with Gasteiger partial charge in [-0.1, -0.05) is 0 Å². The normalized spacial score (nSPS) is 12.9. The lowest BCUT2D eigenvalue weighted by Crippen LogP contribution is -2.21. The summed E-state index contributed by atoms with van der Waals surface area (Å²) in [4.78, 5) is 4.46. The fourth-order valence-corrected chi connectivity index (χ4v) is 2.74. The Balaban J connectivity index is 1.85. The minimum atomic E-state index is 0.332. The fraction of sp³-hybridized carbons (Fsp3) is 0.538. The van der Waals surface area contributed by atoms with Gasteiger partial charge in [0, 0.05) is 43.2 Å². The first-order valence-corrected chi connectivity index (χ1v) is 7.08. The Labute approximate surface area is 112 Å². The first kappa shape index (κ1) is 13.2. The summed E-state index contributed by atoms with van der Waals surface area (Å²) in [6.45, 7) is 7.22. The molecule has 0 amide bonds. The Morgan fingerprint density at radius 3 is 2.78 bits per heavy atom. The van der Waals surface area contributed by atoms with Crippen LogP contribution in [0.2, 0.25) is 0 Å². The average Bonchev–Trinajstić information content (AvgIpc) is 2.85. The van der Waals surface area contributed by atoms with E-state index < -0.39 is 0 Å². The van der Waals surface area contributed by atoms with Gasteiger partial charge in [-0.15, -0.1) is 11.3 Å². The number of hydrogen-bond donors (Lipinski definition) is 1. The molecular formula is C13H20N4S. The first-order valence-electron chi connectivity index (χ1n) is 6.21. The minimum Gasteiger partial charge on any atom is -0.310 e. The molecule has 0 saturated heterocycles. The summed E-state index contributed by atoms with van der Waals surface area (Å²) in [5.41, 5.74) is 3.55. The zero-order valence-corrected chi connectivity index (χ0v) is 12.2. The fourth-order valence-electron chi connectivity index (χ4n) is 2.09. The van der Waals surface area contributed by atoms with Gasteiger partial charge in [0.25, 0.3) is 0 Å². The van der Waals surface area contributed by atoms with Crippen molar-refractivity contribution < 1.29 is 0 Å². The number of nitrogens with zero attached hydrogens (tertiary/aromatic N) is 3. The molecule has 1 atom stereocenters. The highest BCUT2D eigenvalue weighted by Gasteiger charge is 2.10. The van der Waals surface area contributed by atoms with Gasteiger partial charge in [-0.3, -0.25) is 4.68 Å². The molecule has 18 heavy (non-hydrogen) atoms. The molecule has 0 radical (unpaired) electrons. The molecule has 2 aromatic rings. The Morgan fingerprint density at radius 2 is 2.22 bits per heavy atom. The van der Waals surface area contributed by atoms with E-state index in [0.29, 0.717) is 6.04 Å². The van der Waals surface area contributed by atoms with Crippen molar-refractivity contribution in [3.05, 3.63) is 33.5 Å². The standard InChI is InChI=1S/C13H20N4S/c1-9(13-7-17(4)16-10(13)2)14-6-5-12-8-18-11(3)15-12/h7-9,14H,5-6H2,1-4H3. The molecule has 0 spiro atoms. The number of thiazole rings is 1. The van der Waals surface area contributed by atoms with Crippen molar-refractivity contribution in [2.45, 2.75) is 33.2 Å². The van der Waals surface area contributed by atoms with Crippen LogP contribution in [0.3, 0.4) is 0 Å². The van der Waals surface area contributed by atoms with E-state index in [2.05, 4.69) is 40.8 Å². The van der Waals surface area contributed by atoms with Gasteiger partial charge in [-0.25, -0.2) is 4.98 Å². The summed E-state index contributed by atoms with van der Waals surface area (Å²) in [5, 5.41) is 11.2. The smallest absolute Gasteiger partial charge is 0.0897 e. The van der Waals surface area contributed by atoms with Crippen molar-refractivity contribution in [2.24, 2.45) is 7.05 Å². The Morgan fingerprint density at radius 1 is 1.44 bits per heavy atom. The molecule has 1 N–H and O–H groups in total. The van der Waals surface area contributed by atoms with Gasteiger partial charge in [-0.05, 0) is 20.8 Å². The van der Waals surface area contributed by atoms with Crippen LogP contribution in [0.25, 0.3) is 0 Å². The number of nitrogens with one attached hydrogen (secondary N) is 1. The van der Waals surface area contributed by atoms with E-state index in [1.54, 1.807) is 11.3 Å². The van der Waals surface area contributed by atoms with Crippen LogP contribution >= 0.6 is 11.3 Å². The van der Waals surface area contributed by atoms with E-state index in [4.69, 9.17) is 0 Å². The average molecular weight is 264 g/mol. The lowest BCUT2D eigenvalue weighted by Gasteiger charge is -2.12. The highest BCUT2D eigenvalue weighted by molar-refractivity contribution is 7.09. The molecule has 0 fully saturated rings. The van der Waals surface area contributed by atoms with E-state index >= 15 is 0 Å². The molecular weight excluding hydrogens is 244 g/mol. The van der Waals surface area contributed by atoms with Gasteiger partial charge < -0.3 is 5.32 Å².